The minimum absolute atomic E-state index is 0.0165. The molecule has 2 amide bonds. The molecular weight excluding hydrogens is 246 g/mol. The van der Waals surface area contributed by atoms with Gasteiger partial charge in [-0.3, -0.25) is 9.55 Å². The van der Waals surface area contributed by atoms with Crippen molar-refractivity contribution in [2.24, 2.45) is 10.7 Å². The van der Waals surface area contributed by atoms with Crippen LogP contribution in [0.3, 0.4) is 0 Å². The molecule has 3 N–H and O–H groups in total. The summed E-state index contributed by atoms with van der Waals surface area (Å²) in [5, 5.41) is 0. The van der Waals surface area contributed by atoms with Crippen LogP contribution in [0, 0.1) is 0 Å². The van der Waals surface area contributed by atoms with Crippen molar-refractivity contribution >= 4 is 24.6 Å². The zero-order valence-electron chi connectivity index (χ0n) is 10.6. The Bertz CT molecular complexity index is 563. The largest absolute Gasteiger partial charge is 0.351 e. The van der Waals surface area contributed by atoms with E-state index in [1.807, 2.05) is 0 Å². The Balaban J connectivity index is 2.27. The van der Waals surface area contributed by atoms with Gasteiger partial charge >= 0.3 is 11.7 Å². The van der Waals surface area contributed by atoms with Gasteiger partial charge in [0.2, 0.25) is 0 Å². The van der Waals surface area contributed by atoms with E-state index >= 15 is 0 Å². The van der Waals surface area contributed by atoms with Crippen molar-refractivity contribution in [2.45, 2.75) is 18.9 Å². The van der Waals surface area contributed by atoms with E-state index in [0.717, 1.165) is 0 Å². The maximum absolute atomic E-state index is 12.0. The summed E-state index contributed by atoms with van der Waals surface area (Å²) < 4.78 is 1.63. The zero-order chi connectivity index (χ0) is 14.0. The quantitative estimate of drug-likeness (QED) is 0.791. The van der Waals surface area contributed by atoms with Gasteiger partial charge in [0.1, 0.15) is 0 Å². The van der Waals surface area contributed by atoms with Crippen LogP contribution in [0.4, 0.5) is 10.6 Å². The van der Waals surface area contributed by atoms with Gasteiger partial charge in [-0.05, 0) is 25.6 Å². The van der Waals surface area contributed by atoms with Crippen LogP contribution >= 0.6 is 0 Å². The lowest BCUT2D eigenvalue weighted by atomic mass is 10.0. The summed E-state index contributed by atoms with van der Waals surface area (Å²) in [5.74, 6) is 0.428. The number of primary amides is 1. The first kappa shape index (κ1) is 13.1. The summed E-state index contributed by atoms with van der Waals surface area (Å²) in [6, 6.07) is -0.403. The van der Waals surface area contributed by atoms with Crippen molar-refractivity contribution < 1.29 is 4.79 Å². The number of aromatic amines is 1. The third-order valence-electron chi connectivity index (χ3n) is 3.44. The molecule has 7 nitrogen and oxygen atoms in total. The van der Waals surface area contributed by atoms with Gasteiger partial charge in [0.05, 0.1) is 5.69 Å². The fourth-order valence-electron chi connectivity index (χ4n) is 2.47. The fourth-order valence-corrected chi connectivity index (χ4v) is 2.47. The number of urea groups is 1. The Morgan fingerprint density at radius 1 is 1.47 bits per heavy atom. The molecule has 1 fully saturated rings. The second kappa shape index (κ2) is 5.13. The molecule has 0 spiro atoms. The molecule has 0 bridgehead atoms. The van der Waals surface area contributed by atoms with Crippen LogP contribution in [0.15, 0.2) is 16.4 Å². The molecule has 1 aromatic heterocycles. The van der Waals surface area contributed by atoms with E-state index in [-0.39, 0.29) is 11.7 Å². The molecule has 0 atom stereocenters. The van der Waals surface area contributed by atoms with Crippen molar-refractivity contribution in [2.75, 3.05) is 13.1 Å². The minimum atomic E-state index is -0.419. The van der Waals surface area contributed by atoms with E-state index in [0.29, 0.717) is 37.4 Å². The third-order valence-corrected chi connectivity index (χ3v) is 3.44. The number of likely N-dealkylation sites (tertiary alicyclic amines) is 1. The second-order valence-electron chi connectivity index (χ2n) is 4.45. The summed E-state index contributed by atoms with van der Waals surface area (Å²) in [7, 11) is 0. The van der Waals surface area contributed by atoms with E-state index in [2.05, 4.69) is 23.3 Å². The number of amides is 2. The number of aromatic nitrogens is 2. The van der Waals surface area contributed by atoms with Crippen LogP contribution in [0.25, 0.3) is 6.08 Å². The Morgan fingerprint density at radius 3 is 2.58 bits per heavy atom. The molecule has 2 heterocycles. The highest BCUT2D eigenvalue weighted by atomic mass is 16.2. The number of piperidine rings is 1. The molecule has 0 aliphatic carbocycles. The van der Waals surface area contributed by atoms with Crippen LogP contribution in [-0.2, 0) is 0 Å². The second-order valence-corrected chi connectivity index (χ2v) is 4.45. The molecule has 2 rings (SSSR count). The van der Waals surface area contributed by atoms with Gasteiger partial charge < -0.3 is 10.6 Å². The first-order valence-electron chi connectivity index (χ1n) is 6.06. The molecule has 1 saturated heterocycles. The van der Waals surface area contributed by atoms with Crippen LogP contribution < -0.4 is 11.4 Å². The molecule has 0 unspecified atom stereocenters. The smallest absolute Gasteiger partial charge is 0.327 e. The van der Waals surface area contributed by atoms with Crippen LogP contribution in [-0.4, -0.2) is 40.3 Å². The number of H-pyrrole nitrogens is 1. The topological polar surface area (TPSA) is 96.5 Å². The summed E-state index contributed by atoms with van der Waals surface area (Å²) in [4.78, 5) is 31.0. The molecule has 1 aliphatic rings. The number of aliphatic imine (C=N–C) groups is 1. The number of rotatable bonds is 3. The Labute approximate surface area is 110 Å². The van der Waals surface area contributed by atoms with Crippen molar-refractivity contribution in [3.05, 3.63) is 22.8 Å². The highest BCUT2D eigenvalue weighted by Gasteiger charge is 2.25. The number of nitrogens with zero attached hydrogens (tertiary/aromatic N) is 3. The monoisotopic (exact) mass is 263 g/mol. The Morgan fingerprint density at radius 2 is 2.11 bits per heavy atom. The molecular formula is C12H17N5O2. The van der Waals surface area contributed by atoms with Crippen molar-refractivity contribution in [3.8, 4) is 0 Å². The van der Waals surface area contributed by atoms with Crippen molar-refractivity contribution in [1.29, 1.82) is 0 Å². The highest BCUT2D eigenvalue weighted by molar-refractivity contribution is 5.72. The minimum Gasteiger partial charge on any atom is -0.351 e. The Kier molecular flexibility index (Phi) is 3.55. The standard InChI is InChI=1S/C12H17N5O2/c1-3-9-10(14-2)15-12(19)17(9)8-4-6-16(7-5-8)11(13)18/h3,8H,1-2,4-7H2,(H2,13,18)(H,15,19). The predicted octanol–water partition coefficient (Wildman–Crippen LogP) is 0.867. The molecule has 1 aromatic rings. The van der Waals surface area contributed by atoms with Gasteiger partial charge in [-0.15, -0.1) is 0 Å². The number of carbonyl (C=O) groups excluding carboxylic acids is 1. The fraction of sp³-hybridized carbons (Fsp3) is 0.417. The van der Waals surface area contributed by atoms with Gasteiger partial charge in [-0.2, -0.15) is 0 Å². The number of hydrogen-bond acceptors (Lipinski definition) is 3. The first-order valence-corrected chi connectivity index (χ1v) is 6.06. The third kappa shape index (κ3) is 2.31. The van der Waals surface area contributed by atoms with Crippen LogP contribution in [0.1, 0.15) is 24.6 Å². The van der Waals surface area contributed by atoms with Crippen LogP contribution in [0.2, 0.25) is 0 Å². The summed E-state index contributed by atoms with van der Waals surface area (Å²) in [6.07, 6.45) is 2.94. The SMILES string of the molecule is C=Cc1c(N=C)[nH]c(=O)n1C1CCN(C(N)=O)CC1. The first-order chi connectivity index (χ1) is 9.08. The number of hydrogen-bond donors (Lipinski definition) is 2. The average Bonchev–Trinajstić information content (AvgIpc) is 2.74. The van der Waals surface area contributed by atoms with Crippen molar-refractivity contribution in [1.82, 2.24) is 14.5 Å². The van der Waals surface area contributed by atoms with E-state index < -0.39 is 6.03 Å². The zero-order valence-corrected chi connectivity index (χ0v) is 10.6. The molecule has 102 valence electrons. The average molecular weight is 263 g/mol. The molecule has 0 radical (unpaired) electrons. The highest BCUT2D eigenvalue weighted by Crippen LogP contribution is 2.26. The predicted molar refractivity (Wildman–Crippen MR) is 73.8 cm³/mol. The number of nitrogens with two attached hydrogens (primary N) is 1. The lowest BCUT2D eigenvalue weighted by molar-refractivity contribution is 0.179. The van der Waals surface area contributed by atoms with E-state index in [1.165, 1.54) is 0 Å². The van der Waals surface area contributed by atoms with Crippen molar-refractivity contribution in [3.63, 3.8) is 0 Å². The lowest BCUT2D eigenvalue weighted by Gasteiger charge is -2.31. The van der Waals surface area contributed by atoms with Gasteiger partial charge in [0.15, 0.2) is 5.82 Å². The van der Waals surface area contributed by atoms with E-state index in [9.17, 15) is 9.59 Å². The summed E-state index contributed by atoms with van der Waals surface area (Å²) >= 11 is 0. The van der Waals surface area contributed by atoms with Gasteiger partial charge in [0.25, 0.3) is 0 Å². The van der Waals surface area contributed by atoms with Gasteiger partial charge in [-0.1, -0.05) is 6.58 Å². The molecule has 7 heteroatoms. The summed E-state index contributed by atoms with van der Waals surface area (Å²) in [5.41, 5.74) is 5.65. The van der Waals surface area contributed by atoms with Gasteiger partial charge in [0, 0.05) is 19.1 Å². The molecule has 0 saturated carbocycles. The maximum atomic E-state index is 12.0. The van der Waals surface area contributed by atoms with E-state index in [4.69, 9.17) is 5.73 Å². The van der Waals surface area contributed by atoms with Crippen LogP contribution in [0.5, 0.6) is 0 Å². The maximum Gasteiger partial charge on any atom is 0.327 e. The number of nitrogens with one attached hydrogen (secondary N) is 1. The molecule has 0 aromatic carbocycles. The molecule has 19 heavy (non-hydrogen) atoms. The van der Waals surface area contributed by atoms with E-state index in [1.54, 1.807) is 15.5 Å². The van der Waals surface area contributed by atoms with Gasteiger partial charge in [-0.25, -0.2) is 14.6 Å². The Hall–Kier alpha value is -2.31. The molecule has 1 aliphatic heterocycles. The number of carbonyl (C=O) groups is 1. The number of imidazole rings is 1. The lowest BCUT2D eigenvalue weighted by Crippen LogP contribution is -2.43. The normalized spacial score (nSPS) is 16.3. The summed E-state index contributed by atoms with van der Waals surface area (Å²) in [6.45, 7) is 8.22.